The van der Waals surface area contributed by atoms with E-state index in [-0.39, 0.29) is 0 Å². The fourth-order valence-electron chi connectivity index (χ4n) is 2.53. The van der Waals surface area contributed by atoms with E-state index < -0.39 is 12.1 Å². The number of hydrogen-bond acceptors (Lipinski definition) is 2. The first kappa shape index (κ1) is 17.2. The monoisotopic (exact) mass is 396 g/mol. The van der Waals surface area contributed by atoms with Gasteiger partial charge in [0.15, 0.2) is 6.10 Å². The van der Waals surface area contributed by atoms with Crippen LogP contribution in [0.1, 0.15) is 5.56 Å². The van der Waals surface area contributed by atoms with Crippen molar-refractivity contribution in [2.75, 3.05) is 0 Å². The number of halogens is 1. The van der Waals surface area contributed by atoms with Crippen molar-refractivity contribution in [1.29, 1.82) is 0 Å². The van der Waals surface area contributed by atoms with E-state index in [0.29, 0.717) is 12.2 Å². The molecule has 0 aliphatic heterocycles. The lowest BCUT2D eigenvalue weighted by molar-refractivity contribution is -0.145. The van der Waals surface area contributed by atoms with Gasteiger partial charge in [-0.05, 0) is 41.0 Å². The quantitative estimate of drug-likeness (QED) is 0.623. The molecule has 4 heteroatoms. The molecular formula is C21H17BrO3. The number of aliphatic carboxylic acids is 1. The predicted molar refractivity (Wildman–Crippen MR) is 102 cm³/mol. The summed E-state index contributed by atoms with van der Waals surface area (Å²) in [4.78, 5) is 11.5. The third-order valence-corrected chi connectivity index (χ3v) is 4.38. The van der Waals surface area contributed by atoms with Crippen LogP contribution in [-0.2, 0) is 11.2 Å². The van der Waals surface area contributed by atoms with Gasteiger partial charge >= 0.3 is 5.97 Å². The molecule has 25 heavy (non-hydrogen) atoms. The lowest BCUT2D eigenvalue weighted by atomic mass is 10.1. The maximum Gasteiger partial charge on any atom is 0.345 e. The van der Waals surface area contributed by atoms with Crippen molar-refractivity contribution in [2.45, 2.75) is 12.5 Å². The summed E-state index contributed by atoms with van der Waals surface area (Å²) >= 11 is 3.37. The fourth-order valence-corrected chi connectivity index (χ4v) is 2.80. The molecule has 0 aliphatic rings. The van der Waals surface area contributed by atoms with Gasteiger partial charge in [-0.2, -0.15) is 0 Å². The third-order valence-electron chi connectivity index (χ3n) is 3.85. The highest BCUT2D eigenvalue weighted by Gasteiger charge is 2.20. The summed E-state index contributed by atoms with van der Waals surface area (Å²) in [7, 11) is 0. The molecule has 3 rings (SSSR count). The van der Waals surface area contributed by atoms with E-state index in [1.807, 2.05) is 66.7 Å². The molecule has 0 amide bonds. The van der Waals surface area contributed by atoms with Gasteiger partial charge in [-0.1, -0.05) is 70.5 Å². The number of hydrogen-bond donors (Lipinski definition) is 1. The van der Waals surface area contributed by atoms with Crippen LogP contribution in [0, 0.1) is 0 Å². The van der Waals surface area contributed by atoms with Crippen LogP contribution in [0.3, 0.4) is 0 Å². The highest BCUT2D eigenvalue weighted by atomic mass is 79.9. The van der Waals surface area contributed by atoms with Gasteiger partial charge < -0.3 is 9.84 Å². The Morgan fingerprint density at radius 1 is 0.880 bits per heavy atom. The van der Waals surface area contributed by atoms with Crippen molar-refractivity contribution < 1.29 is 14.6 Å². The topological polar surface area (TPSA) is 46.5 Å². The summed E-state index contributed by atoms with van der Waals surface area (Å²) < 4.78 is 6.65. The highest BCUT2D eigenvalue weighted by molar-refractivity contribution is 9.10. The van der Waals surface area contributed by atoms with Gasteiger partial charge in [0.2, 0.25) is 0 Å². The molecule has 0 aromatic heterocycles. The maximum absolute atomic E-state index is 11.5. The molecule has 0 spiro atoms. The first-order chi connectivity index (χ1) is 12.1. The van der Waals surface area contributed by atoms with Gasteiger partial charge in [0.25, 0.3) is 0 Å². The van der Waals surface area contributed by atoms with Crippen molar-refractivity contribution in [1.82, 2.24) is 0 Å². The van der Waals surface area contributed by atoms with Crippen molar-refractivity contribution >= 4 is 21.9 Å². The number of carbonyl (C=O) groups is 1. The van der Waals surface area contributed by atoms with Crippen molar-refractivity contribution in [3.63, 3.8) is 0 Å². The van der Waals surface area contributed by atoms with E-state index in [9.17, 15) is 9.90 Å². The molecule has 0 saturated heterocycles. The minimum atomic E-state index is -0.977. The molecule has 126 valence electrons. The van der Waals surface area contributed by atoms with E-state index >= 15 is 0 Å². The molecule has 0 saturated carbocycles. The van der Waals surface area contributed by atoms with Crippen LogP contribution >= 0.6 is 15.9 Å². The molecule has 3 nitrogen and oxygen atoms in total. The van der Waals surface area contributed by atoms with Crippen LogP contribution in [0.2, 0.25) is 0 Å². The smallest absolute Gasteiger partial charge is 0.345 e. The standard InChI is InChI=1S/C21H17BrO3/c22-18-10-6-15(7-11-18)14-20(21(23)24)25-19-12-8-17(9-13-19)16-4-2-1-3-5-16/h1-13,20H,14H2,(H,23,24). The first-order valence-corrected chi connectivity index (χ1v) is 8.70. The largest absolute Gasteiger partial charge is 0.478 e. The molecule has 1 atom stereocenters. The Morgan fingerprint density at radius 2 is 1.48 bits per heavy atom. The normalized spacial score (nSPS) is 11.7. The second-order valence-electron chi connectivity index (χ2n) is 5.67. The fraction of sp³-hybridized carbons (Fsp3) is 0.0952. The first-order valence-electron chi connectivity index (χ1n) is 7.91. The Bertz CT molecular complexity index is 827. The van der Waals surface area contributed by atoms with Gasteiger partial charge in [0, 0.05) is 10.9 Å². The van der Waals surface area contributed by atoms with Gasteiger partial charge in [-0.25, -0.2) is 4.79 Å². The van der Waals surface area contributed by atoms with Crippen LogP contribution in [0.5, 0.6) is 5.75 Å². The minimum Gasteiger partial charge on any atom is -0.478 e. The summed E-state index contributed by atoms with van der Waals surface area (Å²) in [5.74, 6) is -0.431. The van der Waals surface area contributed by atoms with Crippen LogP contribution in [0.4, 0.5) is 0 Å². The minimum absolute atomic E-state index is 0.309. The molecule has 0 aliphatic carbocycles. The molecule has 3 aromatic rings. The maximum atomic E-state index is 11.5. The zero-order valence-corrected chi connectivity index (χ0v) is 15.0. The van der Waals surface area contributed by atoms with E-state index in [2.05, 4.69) is 15.9 Å². The van der Waals surface area contributed by atoms with E-state index in [1.54, 1.807) is 12.1 Å². The Hall–Kier alpha value is -2.59. The Kier molecular flexibility index (Phi) is 5.51. The molecular weight excluding hydrogens is 380 g/mol. The third kappa shape index (κ3) is 4.70. The highest BCUT2D eigenvalue weighted by Crippen LogP contribution is 2.23. The molecule has 0 heterocycles. The second-order valence-corrected chi connectivity index (χ2v) is 6.58. The van der Waals surface area contributed by atoms with Crippen LogP contribution in [0.15, 0.2) is 83.3 Å². The SMILES string of the molecule is O=C(O)C(Cc1ccc(Br)cc1)Oc1ccc(-c2ccccc2)cc1. The number of ether oxygens (including phenoxy) is 1. The predicted octanol–water partition coefficient (Wildman–Crippen LogP) is 5.19. The Balaban J connectivity index is 1.72. The molecule has 0 fully saturated rings. The van der Waals surface area contributed by atoms with Gasteiger partial charge in [0.1, 0.15) is 5.75 Å². The summed E-state index contributed by atoms with van der Waals surface area (Å²) in [5, 5.41) is 9.45. The van der Waals surface area contributed by atoms with Crippen LogP contribution in [-0.4, -0.2) is 17.2 Å². The second kappa shape index (κ2) is 7.99. The van der Waals surface area contributed by atoms with Gasteiger partial charge in [-0.3, -0.25) is 0 Å². The molecule has 3 aromatic carbocycles. The van der Waals surface area contributed by atoms with Crippen molar-refractivity contribution in [2.24, 2.45) is 0 Å². The molecule has 0 bridgehead atoms. The lowest BCUT2D eigenvalue weighted by Gasteiger charge is -2.15. The molecule has 1 N–H and O–H groups in total. The van der Waals surface area contributed by atoms with E-state index in [0.717, 1.165) is 21.2 Å². The van der Waals surface area contributed by atoms with Crippen LogP contribution < -0.4 is 4.74 Å². The molecule has 1 unspecified atom stereocenters. The number of carboxylic acids is 1. The summed E-state index contributed by atoms with van der Waals surface area (Å²) in [6.07, 6.45) is -0.619. The Morgan fingerprint density at radius 3 is 2.08 bits per heavy atom. The zero-order valence-electron chi connectivity index (χ0n) is 13.4. The van der Waals surface area contributed by atoms with Crippen LogP contribution in [0.25, 0.3) is 11.1 Å². The Labute approximate surface area is 155 Å². The van der Waals surface area contributed by atoms with Gasteiger partial charge in [-0.15, -0.1) is 0 Å². The van der Waals surface area contributed by atoms with Crippen molar-refractivity contribution in [3.05, 3.63) is 88.9 Å². The van der Waals surface area contributed by atoms with E-state index in [1.165, 1.54) is 0 Å². The zero-order chi connectivity index (χ0) is 17.6. The number of rotatable bonds is 6. The average Bonchev–Trinajstić information content (AvgIpc) is 2.64. The van der Waals surface area contributed by atoms with E-state index in [4.69, 9.17) is 4.74 Å². The molecule has 0 radical (unpaired) electrons. The summed E-state index contributed by atoms with van der Waals surface area (Å²) in [5.41, 5.74) is 3.09. The summed E-state index contributed by atoms with van der Waals surface area (Å²) in [6.45, 7) is 0. The van der Waals surface area contributed by atoms with Crippen molar-refractivity contribution in [3.8, 4) is 16.9 Å². The number of carboxylic acid groups (broad SMARTS) is 1. The van der Waals surface area contributed by atoms with Gasteiger partial charge in [0.05, 0.1) is 0 Å². The number of benzene rings is 3. The average molecular weight is 397 g/mol. The lowest BCUT2D eigenvalue weighted by Crippen LogP contribution is -2.29. The summed E-state index contributed by atoms with van der Waals surface area (Å²) in [6, 6.07) is 25.0.